The van der Waals surface area contributed by atoms with Crippen LogP contribution in [0, 0.1) is 0 Å². The molecule has 0 heterocycles. The third-order valence-electron chi connectivity index (χ3n) is 2.29. The number of urea groups is 1. The Labute approximate surface area is 131 Å². The van der Waals surface area contributed by atoms with E-state index < -0.39 is 36.1 Å². The summed E-state index contributed by atoms with van der Waals surface area (Å²) in [5.74, 6) is -1.17. The van der Waals surface area contributed by atoms with Crippen LogP contribution < -0.4 is 20.7 Å². The number of para-hydroxylation sites is 2. The molecule has 23 heavy (non-hydrogen) atoms. The van der Waals surface area contributed by atoms with Crippen molar-refractivity contribution in [1.29, 1.82) is 0 Å². The van der Waals surface area contributed by atoms with E-state index in [-0.39, 0.29) is 5.69 Å². The average Bonchev–Trinajstić information content (AvgIpc) is 2.33. The summed E-state index contributed by atoms with van der Waals surface area (Å²) in [6.07, 6.45) is -4.84. The fraction of sp³-hybridized carbons (Fsp3) is 0.429. The molecule has 9 heteroatoms. The van der Waals surface area contributed by atoms with E-state index in [9.17, 15) is 22.8 Å². The van der Waals surface area contributed by atoms with Crippen LogP contribution in [-0.2, 0) is 4.79 Å². The highest BCUT2D eigenvalue weighted by atomic mass is 19.4. The van der Waals surface area contributed by atoms with Crippen LogP contribution in [0.1, 0.15) is 20.8 Å². The van der Waals surface area contributed by atoms with Crippen molar-refractivity contribution in [2.75, 3.05) is 11.9 Å². The first-order valence-electron chi connectivity index (χ1n) is 6.67. The van der Waals surface area contributed by atoms with Crippen molar-refractivity contribution >= 4 is 17.6 Å². The molecule has 1 aromatic rings. The maximum absolute atomic E-state index is 12.3. The molecule has 0 aliphatic heterocycles. The monoisotopic (exact) mass is 333 g/mol. The summed E-state index contributed by atoms with van der Waals surface area (Å²) in [6, 6.07) is 4.59. The van der Waals surface area contributed by atoms with Gasteiger partial charge in [0.15, 0.2) is 5.75 Å². The number of anilines is 1. The summed E-state index contributed by atoms with van der Waals surface area (Å²) < 4.78 is 40.6. The molecule has 6 nitrogen and oxygen atoms in total. The van der Waals surface area contributed by atoms with Gasteiger partial charge >= 0.3 is 12.4 Å². The van der Waals surface area contributed by atoms with E-state index in [2.05, 4.69) is 20.7 Å². The highest BCUT2D eigenvalue weighted by molar-refractivity contribution is 5.96. The maximum Gasteiger partial charge on any atom is 0.573 e. The predicted molar refractivity (Wildman–Crippen MR) is 78.0 cm³/mol. The van der Waals surface area contributed by atoms with Crippen molar-refractivity contribution in [2.45, 2.75) is 32.7 Å². The molecule has 1 rings (SSSR count). The number of alkyl halides is 3. The molecule has 0 radical (unpaired) electrons. The number of halogens is 3. The van der Waals surface area contributed by atoms with E-state index in [0.717, 1.165) is 6.07 Å². The number of imide groups is 1. The first-order chi connectivity index (χ1) is 10.5. The van der Waals surface area contributed by atoms with E-state index in [1.54, 1.807) is 20.8 Å². The van der Waals surface area contributed by atoms with Gasteiger partial charge in [0.25, 0.3) is 0 Å². The molecule has 0 bridgehead atoms. The van der Waals surface area contributed by atoms with Gasteiger partial charge in [0.2, 0.25) is 5.91 Å². The molecule has 3 amide bonds. The molecule has 0 aliphatic carbocycles. The van der Waals surface area contributed by atoms with Gasteiger partial charge in [0.1, 0.15) is 0 Å². The Morgan fingerprint density at radius 2 is 1.74 bits per heavy atom. The fourth-order valence-electron chi connectivity index (χ4n) is 1.54. The number of carbonyl (C=O) groups excluding carboxylic acids is 2. The number of amides is 3. The van der Waals surface area contributed by atoms with Gasteiger partial charge in [0, 0.05) is 5.54 Å². The molecule has 0 aliphatic rings. The molecule has 3 N–H and O–H groups in total. The fourth-order valence-corrected chi connectivity index (χ4v) is 1.54. The van der Waals surface area contributed by atoms with Crippen molar-refractivity contribution in [1.82, 2.24) is 10.6 Å². The van der Waals surface area contributed by atoms with E-state index in [4.69, 9.17) is 0 Å². The smallest absolute Gasteiger partial charge is 0.404 e. The van der Waals surface area contributed by atoms with Gasteiger partial charge in [-0.1, -0.05) is 12.1 Å². The number of nitrogens with one attached hydrogen (secondary N) is 3. The van der Waals surface area contributed by atoms with Crippen LogP contribution >= 0.6 is 0 Å². The topological polar surface area (TPSA) is 79.5 Å². The molecule has 0 unspecified atom stereocenters. The minimum Gasteiger partial charge on any atom is -0.404 e. The molecule has 1 aromatic carbocycles. The SMILES string of the molecule is CC(C)(C)NC(=O)NC(=O)CNc1ccccc1OC(F)(F)F. The summed E-state index contributed by atoms with van der Waals surface area (Å²) in [5, 5.41) is 7.07. The van der Waals surface area contributed by atoms with Crippen molar-refractivity contribution in [3.05, 3.63) is 24.3 Å². The standard InChI is InChI=1S/C14H18F3N3O3/c1-13(2,3)20-12(22)19-11(21)8-18-9-6-4-5-7-10(9)23-14(15,16)17/h4-7,18H,8H2,1-3H3,(H2,19,20,21,22). The first kappa shape index (κ1) is 18.6. The normalized spacial score (nSPS) is 11.6. The van der Waals surface area contributed by atoms with Crippen LogP contribution in [0.15, 0.2) is 24.3 Å². The zero-order valence-corrected chi connectivity index (χ0v) is 12.9. The van der Waals surface area contributed by atoms with Crippen LogP contribution in [0.25, 0.3) is 0 Å². The second-order valence-corrected chi connectivity index (χ2v) is 5.65. The zero-order chi connectivity index (χ0) is 17.7. The lowest BCUT2D eigenvalue weighted by atomic mass is 10.1. The summed E-state index contributed by atoms with van der Waals surface area (Å²) >= 11 is 0. The second-order valence-electron chi connectivity index (χ2n) is 5.65. The van der Waals surface area contributed by atoms with Crippen LogP contribution in [0.3, 0.4) is 0 Å². The van der Waals surface area contributed by atoms with Crippen molar-refractivity contribution < 1.29 is 27.5 Å². The number of rotatable bonds is 4. The van der Waals surface area contributed by atoms with Crippen molar-refractivity contribution in [3.63, 3.8) is 0 Å². The van der Waals surface area contributed by atoms with Crippen LogP contribution in [0.4, 0.5) is 23.7 Å². The molecule has 0 spiro atoms. The molecule has 0 atom stereocenters. The van der Waals surface area contributed by atoms with Gasteiger partial charge in [-0.05, 0) is 32.9 Å². The van der Waals surface area contributed by atoms with Gasteiger partial charge in [0.05, 0.1) is 12.2 Å². The van der Waals surface area contributed by atoms with E-state index in [1.165, 1.54) is 18.2 Å². The van der Waals surface area contributed by atoms with Crippen LogP contribution in [0.5, 0.6) is 5.75 Å². The Bertz CT molecular complexity index is 568. The Balaban J connectivity index is 2.58. The lowest BCUT2D eigenvalue weighted by Gasteiger charge is -2.20. The van der Waals surface area contributed by atoms with Crippen LogP contribution in [-0.4, -0.2) is 30.4 Å². The molecule has 128 valence electrons. The summed E-state index contributed by atoms with van der Waals surface area (Å²) in [4.78, 5) is 23.1. The molecular formula is C14H18F3N3O3. The Morgan fingerprint density at radius 3 is 2.30 bits per heavy atom. The van der Waals surface area contributed by atoms with E-state index in [1.807, 2.05) is 0 Å². The molecule has 0 aromatic heterocycles. The molecule has 0 fully saturated rings. The Morgan fingerprint density at radius 1 is 1.13 bits per heavy atom. The first-order valence-corrected chi connectivity index (χ1v) is 6.67. The van der Waals surface area contributed by atoms with Gasteiger partial charge in [-0.25, -0.2) is 4.79 Å². The minimum absolute atomic E-state index is 0.0174. The predicted octanol–water partition coefficient (Wildman–Crippen LogP) is 2.62. The number of carbonyl (C=O) groups is 2. The summed E-state index contributed by atoms with van der Waals surface area (Å²) in [6.45, 7) is 4.82. The lowest BCUT2D eigenvalue weighted by molar-refractivity contribution is -0.274. The summed E-state index contributed by atoms with van der Waals surface area (Å²) in [7, 11) is 0. The van der Waals surface area contributed by atoms with Crippen molar-refractivity contribution in [3.8, 4) is 5.75 Å². The third kappa shape index (κ3) is 7.93. The molecule has 0 saturated heterocycles. The minimum atomic E-state index is -4.84. The number of benzene rings is 1. The average molecular weight is 333 g/mol. The second kappa shape index (κ2) is 7.21. The number of ether oxygens (including phenoxy) is 1. The Kier molecular flexibility index (Phi) is 5.83. The Hall–Kier alpha value is -2.45. The number of hydrogen-bond acceptors (Lipinski definition) is 4. The third-order valence-corrected chi connectivity index (χ3v) is 2.29. The molecular weight excluding hydrogens is 315 g/mol. The quantitative estimate of drug-likeness (QED) is 0.791. The van der Waals surface area contributed by atoms with Gasteiger partial charge in [-0.3, -0.25) is 10.1 Å². The van der Waals surface area contributed by atoms with E-state index in [0.29, 0.717) is 0 Å². The maximum atomic E-state index is 12.3. The van der Waals surface area contributed by atoms with E-state index >= 15 is 0 Å². The highest BCUT2D eigenvalue weighted by Crippen LogP contribution is 2.29. The van der Waals surface area contributed by atoms with Gasteiger partial charge in [-0.15, -0.1) is 13.2 Å². The highest BCUT2D eigenvalue weighted by Gasteiger charge is 2.32. The van der Waals surface area contributed by atoms with Crippen LogP contribution in [0.2, 0.25) is 0 Å². The number of hydrogen-bond donors (Lipinski definition) is 3. The largest absolute Gasteiger partial charge is 0.573 e. The van der Waals surface area contributed by atoms with Gasteiger partial charge in [-0.2, -0.15) is 0 Å². The lowest BCUT2D eigenvalue weighted by Crippen LogP contribution is -2.49. The molecule has 0 saturated carbocycles. The van der Waals surface area contributed by atoms with Crippen molar-refractivity contribution in [2.24, 2.45) is 0 Å². The zero-order valence-electron chi connectivity index (χ0n) is 12.9. The van der Waals surface area contributed by atoms with Gasteiger partial charge < -0.3 is 15.4 Å². The summed E-state index contributed by atoms with van der Waals surface area (Å²) in [5.41, 5.74) is -0.540.